The third-order valence-corrected chi connectivity index (χ3v) is 3.83. The Morgan fingerprint density at radius 3 is 2.77 bits per heavy atom. The molecule has 1 aliphatic heterocycles. The van der Waals surface area contributed by atoms with Crippen LogP contribution in [0.5, 0.6) is 5.75 Å². The second-order valence-electron chi connectivity index (χ2n) is 5.09. The summed E-state index contributed by atoms with van der Waals surface area (Å²) in [6.45, 7) is 4.67. The first-order valence-corrected chi connectivity index (χ1v) is 7.12. The Labute approximate surface area is 127 Å². The van der Waals surface area contributed by atoms with E-state index < -0.39 is 0 Å². The van der Waals surface area contributed by atoms with Gasteiger partial charge in [0.25, 0.3) is 0 Å². The van der Waals surface area contributed by atoms with Gasteiger partial charge in [0.2, 0.25) is 5.91 Å². The summed E-state index contributed by atoms with van der Waals surface area (Å²) in [6.07, 6.45) is 0. The SMILES string of the molecule is COc1ccc(NC(=O)C(C)N2CCOCC2)c2nonc12. The van der Waals surface area contributed by atoms with E-state index in [1.54, 1.807) is 19.2 Å². The van der Waals surface area contributed by atoms with Crippen LogP contribution >= 0.6 is 0 Å². The first-order valence-electron chi connectivity index (χ1n) is 7.12. The van der Waals surface area contributed by atoms with Crippen LogP contribution in [0.25, 0.3) is 11.0 Å². The van der Waals surface area contributed by atoms with Crippen molar-refractivity contribution in [2.45, 2.75) is 13.0 Å². The van der Waals surface area contributed by atoms with E-state index in [2.05, 4.69) is 20.5 Å². The maximum Gasteiger partial charge on any atom is 0.241 e. The van der Waals surface area contributed by atoms with E-state index in [1.807, 2.05) is 6.92 Å². The van der Waals surface area contributed by atoms with Gasteiger partial charge in [-0.1, -0.05) is 0 Å². The summed E-state index contributed by atoms with van der Waals surface area (Å²) < 4.78 is 15.2. The molecule has 1 aromatic carbocycles. The molecular weight excluding hydrogens is 288 g/mol. The van der Waals surface area contributed by atoms with Crippen molar-refractivity contribution in [3.63, 3.8) is 0 Å². The van der Waals surface area contributed by atoms with Crippen molar-refractivity contribution in [1.29, 1.82) is 0 Å². The van der Waals surface area contributed by atoms with Crippen LogP contribution in [0.3, 0.4) is 0 Å². The maximum atomic E-state index is 12.4. The number of benzene rings is 1. The van der Waals surface area contributed by atoms with Crippen LogP contribution in [0.1, 0.15) is 6.92 Å². The molecule has 2 aromatic rings. The van der Waals surface area contributed by atoms with Crippen LogP contribution in [0.2, 0.25) is 0 Å². The highest BCUT2D eigenvalue weighted by molar-refractivity contribution is 6.02. The second kappa shape index (κ2) is 6.29. The Balaban J connectivity index is 1.77. The van der Waals surface area contributed by atoms with E-state index in [1.165, 1.54) is 0 Å². The van der Waals surface area contributed by atoms with Gasteiger partial charge >= 0.3 is 0 Å². The highest BCUT2D eigenvalue weighted by Gasteiger charge is 2.24. The number of fused-ring (bicyclic) bond motifs is 1. The normalized spacial score (nSPS) is 17.4. The molecule has 2 heterocycles. The molecule has 1 fully saturated rings. The van der Waals surface area contributed by atoms with Crippen molar-refractivity contribution in [2.24, 2.45) is 0 Å². The average molecular weight is 306 g/mol. The largest absolute Gasteiger partial charge is 0.494 e. The molecule has 8 heteroatoms. The van der Waals surface area contributed by atoms with Crippen molar-refractivity contribution in [3.8, 4) is 5.75 Å². The monoisotopic (exact) mass is 306 g/mol. The molecule has 0 aliphatic carbocycles. The van der Waals surface area contributed by atoms with Crippen molar-refractivity contribution < 1.29 is 18.9 Å². The van der Waals surface area contributed by atoms with Crippen LogP contribution in [-0.4, -0.2) is 60.6 Å². The Morgan fingerprint density at radius 1 is 1.32 bits per heavy atom. The summed E-state index contributed by atoms with van der Waals surface area (Å²) in [6, 6.07) is 3.21. The Morgan fingerprint density at radius 2 is 2.05 bits per heavy atom. The minimum absolute atomic E-state index is 0.101. The van der Waals surface area contributed by atoms with Crippen molar-refractivity contribution >= 4 is 22.6 Å². The number of rotatable bonds is 4. The molecule has 0 saturated carbocycles. The molecule has 1 atom stereocenters. The number of morpholine rings is 1. The van der Waals surface area contributed by atoms with E-state index in [0.29, 0.717) is 35.7 Å². The van der Waals surface area contributed by atoms with Gasteiger partial charge in [0.15, 0.2) is 16.8 Å². The van der Waals surface area contributed by atoms with E-state index in [9.17, 15) is 4.79 Å². The van der Waals surface area contributed by atoms with Crippen molar-refractivity contribution in [1.82, 2.24) is 15.2 Å². The lowest BCUT2D eigenvalue weighted by atomic mass is 10.2. The number of hydrogen-bond donors (Lipinski definition) is 1. The zero-order valence-electron chi connectivity index (χ0n) is 12.5. The first-order chi connectivity index (χ1) is 10.7. The summed E-state index contributed by atoms with van der Waals surface area (Å²) in [5, 5.41) is 10.5. The second-order valence-corrected chi connectivity index (χ2v) is 5.09. The summed E-state index contributed by atoms with van der Waals surface area (Å²) >= 11 is 0. The minimum Gasteiger partial charge on any atom is -0.494 e. The lowest BCUT2D eigenvalue weighted by Crippen LogP contribution is -2.47. The van der Waals surface area contributed by atoms with E-state index in [0.717, 1.165) is 13.1 Å². The fraction of sp³-hybridized carbons (Fsp3) is 0.500. The summed E-state index contributed by atoms with van der Waals surface area (Å²) in [4.78, 5) is 14.5. The molecule has 0 bridgehead atoms. The van der Waals surface area contributed by atoms with Gasteiger partial charge in [-0.25, -0.2) is 4.63 Å². The number of nitrogens with one attached hydrogen (secondary N) is 1. The number of methoxy groups -OCH3 is 1. The number of hydrogen-bond acceptors (Lipinski definition) is 7. The molecule has 22 heavy (non-hydrogen) atoms. The van der Waals surface area contributed by atoms with Gasteiger partial charge in [0.05, 0.1) is 32.1 Å². The predicted molar refractivity (Wildman–Crippen MR) is 78.8 cm³/mol. The first kappa shape index (κ1) is 14.7. The van der Waals surface area contributed by atoms with Crippen molar-refractivity contribution in [3.05, 3.63) is 12.1 Å². The zero-order valence-corrected chi connectivity index (χ0v) is 12.5. The third kappa shape index (κ3) is 2.75. The topological polar surface area (TPSA) is 89.7 Å². The van der Waals surface area contributed by atoms with Gasteiger partial charge in [0.1, 0.15) is 0 Å². The number of aromatic nitrogens is 2. The molecule has 0 spiro atoms. The summed E-state index contributed by atoms with van der Waals surface area (Å²) in [5.74, 6) is 0.451. The minimum atomic E-state index is -0.249. The summed E-state index contributed by atoms with van der Waals surface area (Å²) in [5.41, 5.74) is 1.52. The van der Waals surface area contributed by atoms with Crippen LogP contribution in [0.15, 0.2) is 16.8 Å². The van der Waals surface area contributed by atoms with Gasteiger partial charge in [-0.05, 0) is 29.4 Å². The Hall–Kier alpha value is -2.19. The Kier molecular flexibility index (Phi) is 4.21. The van der Waals surface area contributed by atoms with Crippen LogP contribution < -0.4 is 10.1 Å². The fourth-order valence-corrected chi connectivity index (χ4v) is 2.48. The molecule has 0 radical (unpaired) electrons. The van der Waals surface area contributed by atoms with E-state index in [-0.39, 0.29) is 11.9 Å². The Bertz CT molecular complexity index is 666. The molecule has 3 rings (SSSR count). The highest BCUT2D eigenvalue weighted by atomic mass is 16.6. The van der Waals surface area contributed by atoms with Gasteiger partial charge < -0.3 is 14.8 Å². The van der Waals surface area contributed by atoms with Gasteiger partial charge in [-0.15, -0.1) is 0 Å². The third-order valence-electron chi connectivity index (χ3n) is 3.83. The fourth-order valence-electron chi connectivity index (χ4n) is 2.48. The number of carbonyl (C=O) groups is 1. The molecule has 1 N–H and O–H groups in total. The number of amides is 1. The van der Waals surface area contributed by atoms with Crippen molar-refractivity contribution in [2.75, 3.05) is 38.7 Å². The molecule has 1 aromatic heterocycles. The number of nitrogens with zero attached hydrogens (tertiary/aromatic N) is 3. The van der Waals surface area contributed by atoms with Gasteiger partial charge in [0, 0.05) is 13.1 Å². The predicted octanol–water partition coefficient (Wildman–Crippen LogP) is 0.891. The molecule has 1 saturated heterocycles. The lowest BCUT2D eigenvalue weighted by Gasteiger charge is -2.31. The zero-order chi connectivity index (χ0) is 15.5. The van der Waals surface area contributed by atoms with Gasteiger partial charge in [-0.2, -0.15) is 0 Å². The molecule has 118 valence electrons. The molecule has 1 aliphatic rings. The number of carbonyl (C=O) groups excluding carboxylic acids is 1. The van der Waals surface area contributed by atoms with E-state index >= 15 is 0 Å². The lowest BCUT2D eigenvalue weighted by molar-refractivity contribution is -0.122. The number of anilines is 1. The van der Waals surface area contributed by atoms with Crippen LogP contribution in [0.4, 0.5) is 5.69 Å². The molecule has 1 unspecified atom stereocenters. The smallest absolute Gasteiger partial charge is 0.241 e. The molecule has 1 amide bonds. The quantitative estimate of drug-likeness (QED) is 0.897. The number of ether oxygens (including phenoxy) is 2. The molecule has 8 nitrogen and oxygen atoms in total. The van der Waals surface area contributed by atoms with Crippen LogP contribution in [-0.2, 0) is 9.53 Å². The highest BCUT2D eigenvalue weighted by Crippen LogP contribution is 2.28. The maximum absolute atomic E-state index is 12.4. The standard InChI is InChI=1S/C14H18N4O4/c1-9(18-5-7-21-8-6-18)14(19)15-10-3-4-11(20-2)13-12(10)16-22-17-13/h3-4,9H,5-8H2,1-2H3,(H,15,19). The average Bonchev–Trinajstić information content (AvgIpc) is 3.05. The van der Waals surface area contributed by atoms with Crippen LogP contribution in [0, 0.1) is 0 Å². The molecular formula is C14H18N4O4. The van der Waals surface area contributed by atoms with E-state index in [4.69, 9.17) is 14.1 Å². The summed E-state index contributed by atoms with van der Waals surface area (Å²) in [7, 11) is 1.54. The van der Waals surface area contributed by atoms with Gasteiger partial charge in [-0.3, -0.25) is 9.69 Å².